The van der Waals surface area contributed by atoms with Crippen LogP contribution in [0.3, 0.4) is 0 Å². The van der Waals surface area contributed by atoms with Gasteiger partial charge in [-0.1, -0.05) is 74.5 Å². The van der Waals surface area contributed by atoms with Crippen molar-refractivity contribution in [2.24, 2.45) is 0 Å². The maximum atomic E-state index is 11.0. The van der Waals surface area contributed by atoms with Crippen LogP contribution >= 0.6 is 0 Å². The fraction of sp³-hybridized carbons (Fsp3) is 0.167. The Morgan fingerprint density at radius 2 is 1.36 bits per heavy atom. The summed E-state index contributed by atoms with van der Waals surface area (Å²) in [7, 11) is 0. The minimum absolute atomic E-state index is 0.0992. The first-order chi connectivity index (χ1) is 13.4. The van der Waals surface area contributed by atoms with E-state index >= 15 is 0 Å². The number of rotatable bonds is 3. The molecule has 0 aliphatic rings. The molecule has 0 saturated carbocycles. The smallest absolute Gasteiger partial charge is 0.258 e. The number of aromatic nitrogens is 2. The average Bonchev–Trinajstić information content (AvgIpc) is 3.18. The minimum Gasteiger partial charge on any atom is -0.507 e. The van der Waals surface area contributed by atoms with Gasteiger partial charge < -0.3 is 9.63 Å². The standard InChI is InChI=1S/C24H22N2O2/c1-24(2,3)18-14-19(16-10-6-4-7-11-16)21(27)20(15-18)22-25-23(28-26-22)17-12-8-5-9-13-17/h4-15,27H,1-3H3. The summed E-state index contributed by atoms with van der Waals surface area (Å²) >= 11 is 0. The molecule has 1 N–H and O–H groups in total. The van der Waals surface area contributed by atoms with Crippen molar-refractivity contribution >= 4 is 0 Å². The molecule has 28 heavy (non-hydrogen) atoms. The van der Waals surface area contributed by atoms with Gasteiger partial charge >= 0.3 is 0 Å². The van der Waals surface area contributed by atoms with Crippen LogP contribution in [0.15, 0.2) is 77.3 Å². The zero-order valence-corrected chi connectivity index (χ0v) is 16.2. The lowest BCUT2D eigenvalue weighted by Crippen LogP contribution is -2.11. The summed E-state index contributed by atoms with van der Waals surface area (Å²) in [5.41, 5.74) is 4.10. The molecule has 0 radical (unpaired) electrons. The van der Waals surface area contributed by atoms with E-state index in [4.69, 9.17) is 4.52 Å². The Hall–Kier alpha value is -3.40. The van der Waals surface area contributed by atoms with Gasteiger partial charge in [0.2, 0.25) is 5.82 Å². The van der Waals surface area contributed by atoms with Crippen LogP contribution in [0.1, 0.15) is 26.3 Å². The Labute approximate surface area is 164 Å². The van der Waals surface area contributed by atoms with E-state index in [0.717, 1.165) is 22.3 Å². The SMILES string of the molecule is CC(C)(C)c1cc(-c2ccccc2)c(O)c(-c2noc(-c3ccccc3)n2)c1. The number of phenols is 1. The van der Waals surface area contributed by atoms with Crippen LogP contribution in [0, 0.1) is 0 Å². The van der Waals surface area contributed by atoms with E-state index in [1.165, 1.54) is 0 Å². The molecule has 4 nitrogen and oxygen atoms in total. The summed E-state index contributed by atoms with van der Waals surface area (Å²) in [4.78, 5) is 4.53. The molecule has 3 aromatic carbocycles. The molecule has 1 aromatic heterocycles. The lowest BCUT2D eigenvalue weighted by molar-refractivity contribution is 0.431. The van der Waals surface area contributed by atoms with Crippen molar-refractivity contribution < 1.29 is 9.63 Å². The molecule has 0 amide bonds. The Morgan fingerprint density at radius 1 is 0.786 bits per heavy atom. The van der Waals surface area contributed by atoms with Gasteiger partial charge in [0.05, 0.1) is 5.56 Å². The van der Waals surface area contributed by atoms with Gasteiger partial charge in [-0.3, -0.25) is 0 Å². The van der Waals surface area contributed by atoms with Crippen LogP contribution < -0.4 is 0 Å². The highest BCUT2D eigenvalue weighted by atomic mass is 16.5. The first kappa shape index (κ1) is 18.0. The van der Waals surface area contributed by atoms with Crippen molar-refractivity contribution in [3.8, 4) is 39.7 Å². The molecule has 0 bridgehead atoms. The molecule has 0 saturated heterocycles. The second-order valence-corrected chi connectivity index (χ2v) is 7.83. The molecule has 140 valence electrons. The maximum Gasteiger partial charge on any atom is 0.258 e. The third-order valence-corrected chi connectivity index (χ3v) is 4.75. The van der Waals surface area contributed by atoms with Gasteiger partial charge in [-0.2, -0.15) is 4.98 Å². The number of phenolic OH excluding ortho intramolecular Hbond substituents is 1. The monoisotopic (exact) mass is 370 g/mol. The second kappa shape index (κ2) is 6.97. The van der Waals surface area contributed by atoms with Gasteiger partial charge in [0.25, 0.3) is 5.89 Å². The fourth-order valence-electron chi connectivity index (χ4n) is 3.11. The van der Waals surface area contributed by atoms with E-state index in [-0.39, 0.29) is 11.2 Å². The van der Waals surface area contributed by atoms with Gasteiger partial charge in [0.1, 0.15) is 5.75 Å². The fourth-order valence-corrected chi connectivity index (χ4v) is 3.11. The van der Waals surface area contributed by atoms with Crippen LogP contribution in [0.4, 0.5) is 0 Å². The van der Waals surface area contributed by atoms with E-state index in [0.29, 0.717) is 17.3 Å². The largest absolute Gasteiger partial charge is 0.507 e. The van der Waals surface area contributed by atoms with Gasteiger partial charge in [-0.15, -0.1) is 0 Å². The molecule has 1 heterocycles. The molecule has 4 aromatic rings. The number of aromatic hydroxyl groups is 1. The first-order valence-electron chi connectivity index (χ1n) is 9.26. The molecular weight excluding hydrogens is 348 g/mol. The molecule has 0 spiro atoms. The van der Waals surface area contributed by atoms with Crippen molar-refractivity contribution in [3.63, 3.8) is 0 Å². The molecule has 0 aliphatic carbocycles. The van der Waals surface area contributed by atoms with Crippen LogP contribution in [0.5, 0.6) is 5.75 Å². The number of hydrogen-bond acceptors (Lipinski definition) is 4. The van der Waals surface area contributed by atoms with E-state index in [2.05, 4.69) is 30.9 Å². The highest BCUT2D eigenvalue weighted by Gasteiger charge is 2.23. The third kappa shape index (κ3) is 3.41. The Bertz CT molecular complexity index is 1090. The molecule has 0 aliphatic heterocycles. The molecule has 4 rings (SSSR count). The normalized spacial score (nSPS) is 11.5. The summed E-state index contributed by atoms with van der Waals surface area (Å²) in [6.07, 6.45) is 0. The van der Waals surface area contributed by atoms with Gasteiger partial charge in [0.15, 0.2) is 0 Å². The van der Waals surface area contributed by atoms with E-state index in [1.807, 2.05) is 72.8 Å². The zero-order chi connectivity index (χ0) is 19.7. The second-order valence-electron chi connectivity index (χ2n) is 7.83. The van der Waals surface area contributed by atoms with Crippen molar-refractivity contribution in [1.29, 1.82) is 0 Å². The summed E-state index contributed by atoms with van der Waals surface area (Å²) in [6, 6.07) is 23.4. The van der Waals surface area contributed by atoms with Gasteiger partial charge in [0, 0.05) is 11.1 Å². The maximum absolute atomic E-state index is 11.0. The van der Waals surface area contributed by atoms with E-state index < -0.39 is 0 Å². The lowest BCUT2D eigenvalue weighted by atomic mass is 9.83. The summed E-state index contributed by atoms with van der Waals surface area (Å²) in [5.74, 6) is 0.955. The number of hydrogen-bond donors (Lipinski definition) is 1. The Morgan fingerprint density at radius 3 is 1.96 bits per heavy atom. The zero-order valence-electron chi connectivity index (χ0n) is 16.2. The van der Waals surface area contributed by atoms with Crippen molar-refractivity contribution in [2.45, 2.75) is 26.2 Å². The quantitative estimate of drug-likeness (QED) is 0.475. The van der Waals surface area contributed by atoms with E-state index in [1.54, 1.807) is 0 Å². The highest BCUT2D eigenvalue weighted by Crippen LogP contribution is 2.41. The van der Waals surface area contributed by atoms with Crippen molar-refractivity contribution in [3.05, 3.63) is 78.4 Å². The Kier molecular flexibility index (Phi) is 4.47. The predicted molar refractivity (Wildman–Crippen MR) is 111 cm³/mol. The summed E-state index contributed by atoms with van der Waals surface area (Å²) < 4.78 is 5.46. The van der Waals surface area contributed by atoms with Crippen LogP contribution in [0.25, 0.3) is 34.0 Å². The topological polar surface area (TPSA) is 59.2 Å². The number of nitrogens with zero attached hydrogens (tertiary/aromatic N) is 2. The van der Waals surface area contributed by atoms with Crippen LogP contribution in [-0.2, 0) is 5.41 Å². The summed E-state index contributed by atoms with van der Waals surface area (Å²) in [6.45, 7) is 6.43. The summed E-state index contributed by atoms with van der Waals surface area (Å²) in [5, 5.41) is 15.2. The van der Waals surface area contributed by atoms with Gasteiger partial charge in [-0.25, -0.2) is 0 Å². The van der Waals surface area contributed by atoms with Crippen LogP contribution in [-0.4, -0.2) is 15.2 Å². The molecule has 0 fully saturated rings. The van der Waals surface area contributed by atoms with Crippen molar-refractivity contribution in [2.75, 3.05) is 0 Å². The average molecular weight is 370 g/mol. The highest BCUT2D eigenvalue weighted by molar-refractivity contribution is 5.81. The molecule has 0 atom stereocenters. The van der Waals surface area contributed by atoms with Crippen molar-refractivity contribution in [1.82, 2.24) is 10.1 Å². The van der Waals surface area contributed by atoms with Crippen LogP contribution in [0.2, 0.25) is 0 Å². The molecular formula is C24H22N2O2. The third-order valence-electron chi connectivity index (χ3n) is 4.75. The predicted octanol–water partition coefficient (Wildman–Crippen LogP) is 6.07. The first-order valence-corrected chi connectivity index (χ1v) is 9.26. The molecule has 4 heteroatoms. The lowest BCUT2D eigenvalue weighted by Gasteiger charge is -2.22. The van der Waals surface area contributed by atoms with Gasteiger partial charge in [-0.05, 0) is 40.8 Å². The Balaban J connectivity index is 1.88. The van der Waals surface area contributed by atoms with E-state index in [9.17, 15) is 5.11 Å². The molecule has 0 unspecified atom stereocenters. The number of benzene rings is 3. The minimum atomic E-state index is -0.0992.